The van der Waals surface area contributed by atoms with Gasteiger partial charge >= 0.3 is 0 Å². The van der Waals surface area contributed by atoms with Gasteiger partial charge in [0.05, 0.1) is 21.3 Å². The molecule has 2 rings (SSSR count). The Labute approximate surface area is 161 Å². The molecule has 0 atom stereocenters. The predicted octanol–water partition coefficient (Wildman–Crippen LogP) is 3.23. The minimum absolute atomic E-state index is 0.550. The van der Waals surface area contributed by atoms with E-state index in [-0.39, 0.29) is 0 Å². The van der Waals surface area contributed by atoms with Crippen LogP contribution >= 0.6 is 0 Å². The maximum absolute atomic E-state index is 5.54. The molecule has 0 radical (unpaired) electrons. The molecule has 6 heteroatoms. The van der Waals surface area contributed by atoms with Crippen LogP contribution in [-0.2, 0) is 13.1 Å². The van der Waals surface area contributed by atoms with E-state index in [1.807, 2.05) is 19.2 Å². The number of ether oxygens (including phenoxy) is 3. The van der Waals surface area contributed by atoms with E-state index in [2.05, 4.69) is 46.4 Å². The normalized spacial score (nSPS) is 11.1. The SMILES string of the molecule is CN=C(NCc1ccc(OC)c(OC)c1OC)N(C)Cc1ccc(C)cc1. The van der Waals surface area contributed by atoms with Crippen LogP contribution in [0.15, 0.2) is 41.4 Å². The molecule has 27 heavy (non-hydrogen) atoms. The number of hydrogen-bond donors (Lipinski definition) is 1. The molecule has 2 aromatic rings. The van der Waals surface area contributed by atoms with Gasteiger partial charge in [0.15, 0.2) is 17.5 Å². The Balaban J connectivity index is 2.10. The van der Waals surface area contributed by atoms with Gasteiger partial charge in [0, 0.05) is 32.7 Å². The Kier molecular flexibility index (Phi) is 7.34. The smallest absolute Gasteiger partial charge is 0.203 e. The number of aliphatic imine (C=N–C) groups is 1. The van der Waals surface area contributed by atoms with Gasteiger partial charge in [0.25, 0.3) is 0 Å². The second kappa shape index (κ2) is 9.71. The van der Waals surface area contributed by atoms with Gasteiger partial charge in [0.2, 0.25) is 5.75 Å². The third kappa shape index (κ3) is 5.06. The van der Waals surface area contributed by atoms with Crippen molar-refractivity contribution < 1.29 is 14.2 Å². The van der Waals surface area contributed by atoms with Gasteiger partial charge in [-0.25, -0.2) is 0 Å². The van der Waals surface area contributed by atoms with Crippen LogP contribution in [0.4, 0.5) is 0 Å². The predicted molar refractivity (Wildman–Crippen MR) is 109 cm³/mol. The maximum Gasteiger partial charge on any atom is 0.203 e. The summed E-state index contributed by atoms with van der Waals surface area (Å²) in [5, 5.41) is 3.38. The third-order valence-electron chi connectivity index (χ3n) is 4.34. The minimum atomic E-state index is 0.550. The van der Waals surface area contributed by atoms with Crippen LogP contribution in [0.1, 0.15) is 16.7 Å². The topological polar surface area (TPSA) is 55.3 Å². The third-order valence-corrected chi connectivity index (χ3v) is 4.34. The molecule has 6 nitrogen and oxygen atoms in total. The molecule has 0 aliphatic rings. The van der Waals surface area contributed by atoms with Gasteiger partial charge in [-0.2, -0.15) is 0 Å². The monoisotopic (exact) mass is 371 g/mol. The highest BCUT2D eigenvalue weighted by molar-refractivity contribution is 5.79. The van der Waals surface area contributed by atoms with Crippen molar-refractivity contribution in [2.45, 2.75) is 20.0 Å². The molecule has 2 aromatic carbocycles. The van der Waals surface area contributed by atoms with Gasteiger partial charge in [-0.05, 0) is 24.6 Å². The van der Waals surface area contributed by atoms with Crippen molar-refractivity contribution >= 4 is 5.96 Å². The zero-order chi connectivity index (χ0) is 19.8. The van der Waals surface area contributed by atoms with Crippen LogP contribution < -0.4 is 19.5 Å². The van der Waals surface area contributed by atoms with Crippen molar-refractivity contribution in [1.82, 2.24) is 10.2 Å². The molecule has 0 aliphatic heterocycles. The molecule has 0 spiro atoms. The molecule has 0 heterocycles. The lowest BCUT2D eigenvalue weighted by Gasteiger charge is -2.23. The van der Waals surface area contributed by atoms with Gasteiger partial charge < -0.3 is 24.4 Å². The summed E-state index contributed by atoms with van der Waals surface area (Å²) in [7, 11) is 8.63. The molecule has 0 aliphatic carbocycles. The van der Waals surface area contributed by atoms with E-state index in [1.165, 1.54) is 11.1 Å². The molecule has 146 valence electrons. The first-order valence-electron chi connectivity index (χ1n) is 8.79. The van der Waals surface area contributed by atoms with E-state index in [1.54, 1.807) is 28.4 Å². The average molecular weight is 371 g/mol. The van der Waals surface area contributed by atoms with Crippen LogP contribution in [0.2, 0.25) is 0 Å². The van der Waals surface area contributed by atoms with Crippen LogP contribution in [-0.4, -0.2) is 46.3 Å². The summed E-state index contributed by atoms with van der Waals surface area (Å²) >= 11 is 0. The molecule has 0 unspecified atom stereocenters. The van der Waals surface area contributed by atoms with Crippen LogP contribution in [0, 0.1) is 6.92 Å². The zero-order valence-electron chi connectivity index (χ0n) is 17.0. The van der Waals surface area contributed by atoms with E-state index in [0.717, 1.165) is 18.1 Å². The molecule has 0 aromatic heterocycles. The fourth-order valence-electron chi connectivity index (χ4n) is 2.90. The summed E-state index contributed by atoms with van der Waals surface area (Å²) in [4.78, 5) is 6.46. The molecule has 1 N–H and O–H groups in total. The first-order valence-corrected chi connectivity index (χ1v) is 8.79. The number of nitrogens with one attached hydrogen (secondary N) is 1. The number of nitrogens with zero attached hydrogens (tertiary/aromatic N) is 2. The Morgan fingerprint density at radius 1 is 0.963 bits per heavy atom. The van der Waals surface area contributed by atoms with E-state index >= 15 is 0 Å². The Morgan fingerprint density at radius 3 is 2.19 bits per heavy atom. The van der Waals surface area contributed by atoms with Crippen LogP contribution in [0.5, 0.6) is 17.2 Å². The summed E-state index contributed by atoms with van der Waals surface area (Å²) in [5.74, 6) is 2.68. The van der Waals surface area contributed by atoms with E-state index in [9.17, 15) is 0 Å². The van der Waals surface area contributed by atoms with Gasteiger partial charge in [-0.3, -0.25) is 4.99 Å². The highest BCUT2D eigenvalue weighted by Crippen LogP contribution is 2.39. The summed E-state index contributed by atoms with van der Waals surface area (Å²) in [6, 6.07) is 12.3. The molecule has 0 amide bonds. The standard InChI is InChI=1S/C21H29N3O3/c1-15-7-9-16(10-8-15)14-24(3)21(22-2)23-13-17-11-12-18(25-4)20(27-6)19(17)26-5/h7-12H,13-14H2,1-6H3,(H,22,23). The molecule has 0 saturated carbocycles. The maximum atomic E-state index is 5.54. The van der Waals surface area contributed by atoms with Gasteiger partial charge in [-0.1, -0.05) is 29.8 Å². The highest BCUT2D eigenvalue weighted by atomic mass is 16.5. The van der Waals surface area contributed by atoms with Crippen LogP contribution in [0.3, 0.4) is 0 Å². The number of hydrogen-bond acceptors (Lipinski definition) is 4. The summed E-state index contributed by atoms with van der Waals surface area (Å²) in [6.45, 7) is 3.40. The summed E-state index contributed by atoms with van der Waals surface area (Å²) in [5.41, 5.74) is 3.44. The van der Waals surface area contributed by atoms with Crippen molar-refractivity contribution in [3.8, 4) is 17.2 Å². The number of benzene rings is 2. The number of rotatable bonds is 7. The lowest BCUT2D eigenvalue weighted by atomic mass is 10.1. The van der Waals surface area contributed by atoms with Crippen molar-refractivity contribution in [2.24, 2.45) is 4.99 Å². The summed E-state index contributed by atoms with van der Waals surface area (Å²) < 4.78 is 16.3. The van der Waals surface area contributed by atoms with E-state index in [0.29, 0.717) is 23.8 Å². The Hall–Kier alpha value is -2.89. The largest absolute Gasteiger partial charge is 0.493 e. The lowest BCUT2D eigenvalue weighted by Crippen LogP contribution is -2.38. The zero-order valence-corrected chi connectivity index (χ0v) is 17.0. The quantitative estimate of drug-likeness (QED) is 0.598. The molecule has 0 saturated heterocycles. The Morgan fingerprint density at radius 2 is 1.63 bits per heavy atom. The number of methoxy groups -OCH3 is 3. The minimum Gasteiger partial charge on any atom is -0.493 e. The Bertz CT molecular complexity index is 773. The van der Waals surface area contributed by atoms with Crippen molar-refractivity contribution in [3.05, 3.63) is 53.1 Å². The van der Waals surface area contributed by atoms with Gasteiger partial charge in [-0.15, -0.1) is 0 Å². The molecule has 0 fully saturated rings. The number of aryl methyl sites for hydroxylation is 1. The lowest BCUT2D eigenvalue weighted by molar-refractivity contribution is 0.322. The second-order valence-electron chi connectivity index (χ2n) is 6.24. The highest BCUT2D eigenvalue weighted by Gasteiger charge is 2.16. The van der Waals surface area contributed by atoms with Gasteiger partial charge in [0.1, 0.15) is 0 Å². The fraction of sp³-hybridized carbons (Fsp3) is 0.381. The first kappa shape index (κ1) is 20.4. The van der Waals surface area contributed by atoms with Crippen molar-refractivity contribution in [1.29, 1.82) is 0 Å². The van der Waals surface area contributed by atoms with Crippen molar-refractivity contribution in [3.63, 3.8) is 0 Å². The van der Waals surface area contributed by atoms with E-state index < -0.39 is 0 Å². The second-order valence-corrected chi connectivity index (χ2v) is 6.24. The fourth-order valence-corrected chi connectivity index (χ4v) is 2.90. The van der Waals surface area contributed by atoms with Crippen LogP contribution in [0.25, 0.3) is 0 Å². The first-order chi connectivity index (χ1) is 13.0. The average Bonchev–Trinajstić information content (AvgIpc) is 2.69. The molecular formula is C21H29N3O3. The molecule has 0 bridgehead atoms. The number of guanidine groups is 1. The summed E-state index contributed by atoms with van der Waals surface area (Å²) in [6.07, 6.45) is 0. The van der Waals surface area contributed by atoms with E-state index in [4.69, 9.17) is 14.2 Å². The molecular weight excluding hydrogens is 342 g/mol. The van der Waals surface area contributed by atoms with Crippen molar-refractivity contribution in [2.75, 3.05) is 35.4 Å².